The lowest BCUT2D eigenvalue weighted by Crippen LogP contribution is -2.09. The Labute approximate surface area is 358 Å². The summed E-state index contributed by atoms with van der Waals surface area (Å²) in [6.07, 6.45) is 0. The molecule has 0 bridgehead atoms. The number of para-hydroxylation sites is 1. The van der Waals surface area contributed by atoms with Gasteiger partial charge in [0.15, 0.2) is 0 Å². The van der Waals surface area contributed by atoms with Crippen LogP contribution < -0.4 is 4.90 Å². The molecule has 0 saturated heterocycles. The van der Waals surface area contributed by atoms with E-state index >= 15 is 0 Å². The van der Waals surface area contributed by atoms with Crippen LogP contribution in [0.4, 0.5) is 17.1 Å². The Hall–Kier alpha value is -8.45. The zero-order valence-electron chi connectivity index (χ0n) is 33.6. The molecule has 1 heterocycles. The number of fused-ring (bicyclic) bond motifs is 7. The lowest BCUT2D eigenvalue weighted by atomic mass is 9.83. The minimum atomic E-state index is 0.618. The van der Waals surface area contributed by atoms with Crippen LogP contribution >= 0.6 is 0 Å². The SMILES string of the molecule is N#Cc1ccc(N(c2ccc(-c3ccc4c(-c5cccc6ccccc56)c5ccccc5c(-c5cccc6ccccc56)c4c3)cc2)c2ccc3c(c2)oc2ccccc23)cc1. The first-order valence-corrected chi connectivity index (χ1v) is 21.0. The molecule has 12 aromatic rings. The van der Waals surface area contributed by atoms with Gasteiger partial charge in [-0.3, -0.25) is 0 Å². The van der Waals surface area contributed by atoms with E-state index in [2.05, 4.69) is 187 Å². The van der Waals surface area contributed by atoms with E-state index in [1.165, 1.54) is 65.3 Å². The molecule has 0 radical (unpaired) electrons. The maximum Gasteiger partial charge on any atom is 0.137 e. The summed E-state index contributed by atoms with van der Waals surface area (Å²) in [4.78, 5) is 2.22. The fraction of sp³-hybridized carbons (Fsp3) is 0. The van der Waals surface area contributed by atoms with Gasteiger partial charge in [0.05, 0.1) is 11.6 Å². The van der Waals surface area contributed by atoms with Crippen molar-refractivity contribution in [2.45, 2.75) is 0 Å². The maximum atomic E-state index is 9.61. The van der Waals surface area contributed by atoms with Gasteiger partial charge in [-0.15, -0.1) is 0 Å². The summed E-state index contributed by atoms with van der Waals surface area (Å²) in [7, 11) is 0. The van der Waals surface area contributed by atoms with Crippen LogP contribution in [0.3, 0.4) is 0 Å². The highest BCUT2D eigenvalue weighted by molar-refractivity contribution is 6.25. The van der Waals surface area contributed by atoms with Gasteiger partial charge in [-0.05, 0) is 137 Å². The molecule has 0 saturated carbocycles. The monoisotopic (exact) mass is 788 g/mol. The maximum absolute atomic E-state index is 9.61. The van der Waals surface area contributed by atoms with Crippen molar-refractivity contribution in [3.8, 4) is 39.4 Å². The van der Waals surface area contributed by atoms with E-state index < -0.39 is 0 Å². The topological polar surface area (TPSA) is 40.2 Å². The number of anilines is 3. The van der Waals surface area contributed by atoms with Crippen molar-refractivity contribution in [2.75, 3.05) is 4.90 Å². The van der Waals surface area contributed by atoms with Gasteiger partial charge in [0, 0.05) is 33.9 Å². The van der Waals surface area contributed by atoms with Gasteiger partial charge in [0.2, 0.25) is 0 Å². The van der Waals surface area contributed by atoms with Gasteiger partial charge in [0.25, 0.3) is 0 Å². The Kier molecular flexibility index (Phi) is 8.23. The van der Waals surface area contributed by atoms with E-state index in [0.717, 1.165) is 50.1 Å². The first kappa shape index (κ1) is 35.5. The number of hydrogen-bond acceptors (Lipinski definition) is 3. The van der Waals surface area contributed by atoms with Crippen molar-refractivity contribution in [3.05, 3.63) is 224 Å². The summed E-state index contributed by atoms with van der Waals surface area (Å²) in [6, 6.07) is 80.1. The summed E-state index contributed by atoms with van der Waals surface area (Å²) in [6.45, 7) is 0. The van der Waals surface area contributed by atoms with Gasteiger partial charge < -0.3 is 9.32 Å². The lowest BCUT2D eigenvalue weighted by Gasteiger charge is -2.25. The summed E-state index contributed by atoms with van der Waals surface area (Å²) >= 11 is 0. The molecule has 0 fully saturated rings. The second kappa shape index (κ2) is 14.4. The average molecular weight is 789 g/mol. The molecule has 1 aromatic heterocycles. The van der Waals surface area contributed by atoms with Crippen molar-refractivity contribution in [1.82, 2.24) is 0 Å². The van der Waals surface area contributed by atoms with E-state index in [-0.39, 0.29) is 0 Å². The number of furan rings is 1. The van der Waals surface area contributed by atoms with Crippen molar-refractivity contribution in [3.63, 3.8) is 0 Å². The fourth-order valence-electron chi connectivity index (χ4n) is 9.61. The van der Waals surface area contributed by atoms with Crippen LogP contribution in [0.5, 0.6) is 0 Å². The van der Waals surface area contributed by atoms with Gasteiger partial charge in [0.1, 0.15) is 11.2 Å². The zero-order chi connectivity index (χ0) is 41.1. The Morgan fingerprint density at radius 1 is 0.339 bits per heavy atom. The summed E-state index contributed by atoms with van der Waals surface area (Å²) in [5.41, 5.74) is 12.4. The smallest absolute Gasteiger partial charge is 0.137 e. The molecule has 0 amide bonds. The molecular weight excluding hydrogens is 753 g/mol. The summed E-state index contributed by atoms with van der Waals surface area (Å²) < 4.78 is 6.34. The molecule has 11 aromatic carbocycles. The Morgan fingerprint density at radius 3 is 1.45 bits per heavy atom. The largest absolute Gasteiger partial charge is 0.456 e. The number of hydrogen-bond donors (Lipinski definition) is 0. The van der Waals surface area contributed by atoms with E-state index in [1.54, 1.807) is 0 Å². The standard InChI is InChI=1S/C59H36N2O/c60-37-38-23-28-43(29-24-38)61(45-32-34-49-48-17-7-8-22-56(48)62-57(49)36-45)44-30-25-39(26-31-44)42-27-33-54-55(35-42)59(51-21-10-14-41-12-2-4-16-47(41)51)53-19-6-5-18-52(53)58(54)50-20-9-13-40-11-1-3-15-46(40)50/h1-36H. The van der Waals surface area contributed by atoms with Gasteiger partial charge in [-0.1, -0.05) is 152 Å². The van der Waals surface area contributed by atoms with Crippen LogP contribution in [0.15, 0.2) is 223 Å². The van der Waals surface area contributed by atoms with Crippen molar-refractivity contribution in [2.24, 2.45) is 0 Å². The second-order valence-corrected chi connectivity index (χ2v) is 15.9. The minimum Gasteiger partial charge on any atom is -0.456 e. The van der Waals surface area contributed by atoms with Crippen molar-refractivity contribution < 1.29 is 4.42 Å². The number of nitrogens with zero attached hydrogens (tertiary/aromatic N) is 2. The normalized spacial score (nSPS) is 11.5. The third kappa shape index (κ3) is 5.74. The number of benzene rings is 11. The lowest BCUT2D eigenvalue weighted by molar-refractivity contribution is 0.669. The molecule has 0 aliphatic rings. The molecule has 62 heavy (non-hydrogen) atoms. The van der Waals surface area contributed by atoms with Crippen LogP contribution in [0.1, 0.15) is 5.56 Å². The summed E-state index contributed by atoms with van der Waals surface area (Å²) in [5, 5.41) is 21.6. The van der Waals surface area contributed by atoms with Crippen LogP contribution in [0.2, 0.25) is 0 Å². The van der Waals surface area contributed by atoms with Gasteiger partial charge in [-0.2, -0.15) is 5.26 Å². The molecule has 3 nitrogen and oxygen atoms in total. The molecule has 288 valence electrons. The highest BCUT2D eigenvalue weighted by Gasteiger charge is 2.21. The van der Waals surface area contributed by atoms with E-state index in [1.807, 2.05) is 42.5 Å². The summed E-state index contributed by atoms with van der Waals surface area (Å²) in [5.74, 6) is 0. The Bertz CT molecular complexity index is 3750. The predicted molar refractivity (Wildman–Crippen MR) is 259 cm³/mol. The zero-order valence-corrected chi connectivity index (χ0v) is 33.6. The van der Waals surface area contributed by atoms with Crippen LogP contribution in [-0.2, 0) is 0 Å². The molecule has 0 N–H and O–H groups in total. The van der Waals surface area contributed by atoms with Gasteiger partial charge >= 0.3 is 0 Å². The van der Waals surface area contributed by atoms with E-state index in [9.17, 15) is 5.26 Å². The Balaban J connectivity index is 1.06. The third-order valence-corrected chi connectivity index (χ3v) is 12.5. The molecule has 12 rings (SSSR count). The highest BCUT2D eigenvalue weighted by atomic mass is 16.3. The van der Waals surface area contributed by atoms with Crippen molar-refractivity contribution in [1.29, 1.82) is 5.26 Å². The molecule has 3 heteroatoms. The second-order valence-electron chi connectivity index (χ2n) is 15.9. The molecule has 0 spiro atoms. The number of nitriles is 1. The van der Waals surface area contributed by atoms with E-state index in [4.69, 9.17) is 4.42 Å². The minimum absolute atomic E-state index is 0.618. The highest BCUT2D eigenvalue weighted by Crippen LogP contribution is 2.48. The third-order valence-electron chi connectivity index (χ3n) is 12.5. The first-order valence-electron chi connectivity index (χ1n) is 21.0. The fourth-order valence-corrected chi connectivity index (χ4v) is 9.61. The van der Waals surface area contributed by atoms with Crippen molar-refractivity contribution >= 4 is 82.1 Å². The molecule has 0 unspecified atom stereocenters. The average Bonchev–Trinajstić information content (AvgIpc) is 3.71. The molecule has 0 aliphatic carbocycles. The van der Waals surface area contributed by atoms with Crippen LogP contribution in [0.25, 0.3) is 98.4 Å². The molecular formula is C59H36N2O. The predicted octanol–water partition coefficient (Wildman–Crippen LogP) is 16.5. The molecule has 0 aliphatic heterocycles. The van der Waals surface area contributed by atoms with Gasteiger partial charge in [-0.25, -0.2) is 0 Å². The number of rotatable bonds is 6. The van der Waals surface area contributed by atoms with E-state index in [0.29, 0.717) is 5.56 Å². The quantitative estimate of drug-likeness (QED) is 0.158. The van der Waals surface area contributed by atoms with Crippen LogP contribution in [0, 0.1) is 11.3 Å². The Morgan fingerprint density at radius 2 is 0.806 bits per heavy atom. The first-order chi connectivity index (χ1) is 30.7. The van der Waals surface area contributed by atoms with Crippen LogP contribution in [-0.4, -0.2) is 0 Å². The molecule has 0 atom stereocenters.